The number of aliphatic hydroxyl groups excluding tert-OH is 1. The van der Waals surface area contributed by atoms with Gasteiger partial charge in [0.2, 0.25) is 0 Å². The van der Waals surface area contributed by atoms with Crippen LogP contribution in [0.15, 0.2) is 36.4 Å². The molecule has 0 saturated heterocycles. The fraction of sp³-hybridized carbons (Fsp3) is 0.375. The molecular formula is C16H20ClNO2. The van der Waals surface area contributed by atoms with Crippen molar-refractivity contribution in [2.45, 2.75) is 26.0 Å². The number of rotatable bonds is 6. The Morgan fingerprint density at radius 2 is 1.85 bits per heavy atom. The standard InChI is InChI=1S/C16H20ClNO2/c1-11(2)18-9-12(19)10-20-16-8-7-15(17)13-5-3-4-6-14(13)16/h3-8,11-12,18-19H,9-10H2,1-2H3/t12-/m0/s1. The van der Waals surface area contributed by atoms with Gasteiger partial charge < -0.3 is 15.2 Å². The topological polar surface area (TPSA) is 41.5 Å². The van der Waals surface area contributed by atoms with Crippen LogP contribution in [0.4, 0.5) is 0 Å². The fourth-order valence-electron chi connectivity index (χ4n) is 1.98. The van der Waals surface area contributed by atoms with Crippen molar-refractivity contribution >= 4 is 22.4 Å². The van der Waals surface area contributed by atoms with Crippen molar-refractivity contribution in [3.8, 4) is 5.75 Å². The van der Waals surface area contributed by atoms with E-state index in [0.717, 1.165) is 16.5 Å². The van der Waals surface area contributed by atoms with E-state index >= 15 is 0 Å². The van der Waals surface area contributed by atoms with Gasteiger partial charge in [-0.3, -0.25) is 0 Å². The normalized spacial score (nSPS) is 12.8. The Labute approximate surface area is 124 Å². The Morgan fingerprint density at radius 1 is 1.15 bits per heavy atom. The zero-order chi connectivity index (χ0) is 14.5. The third kappa shape index (κ3) is 3.85. The minimum absolute atomic E-state index is 0.255. The Bertz CT molecular complexity index is 571. The predicted octanol–water partition coefficient (Wildman–Crippen LogP) is 3.23. The van der Waals surface area contributed by atoms with Gasteiger partial charge in [0.15, 0.2) is 0 Å². The molecule has 0 fully saturated rings. The molecule has 0 aromatic heterocycles. The van der Waals surface area contributed by atoms with Crippen molar-refractivity contribution < 1.29 is 9.84 Å². The third-order valence-electron chi connectivity index (χ3n) is 3.02. The highest BCUT2D eigenvalue weighted by atomic mass is 35.5. The Kier molecular flexibility index (Phi) is 5.24. The molecule has 3 nitrogen and oxygen atoms in total. The monoisotopic (exact) mass is 293 g/mol. The van der Waals surface area contributed by atoms with E-state index in [1.807, 2.05) is 50.2 Å². The second kappa shape index (κ2) is 6.93. The van der Waals surface area contributed by atoms with Crippen LogP contribution < -0.4 is 10.1 Å². The zero-order valence-corrected chi connectivity index (χ0v) is 12.5. The first kappa shape index (κ1) is 15.1. The molecule has 1 atom stereocenters. The average Bonchev–Trinajstić information content (AvgIpc) is 2.45. The lowest BCUT2D eigenvalue weighted by Crippen LogP contribution is -2.35. The van der Waals surface area contributed by atoms with E-state index in [1.165, 1.54) is 0 Å². The highest BCUT2D eigenvalue weighted by molar-refractivity contribution is 6.35. The maximum Gasteiger partial charge on any atom is 0.127 e. The smallest absolute Gasteiger partial charge is 0.127 e. The van der Waals surface area contributed by atoms with Crippen LogP contribution >= 0.6 is 11.6 Å². The number of hydrogen-bond donors (Lipinski definition) is 2. The molecule has 2 aromatic rings. The summed E-state index contributed by atoms with van der Waals surface area (Å²) in [4.78, 5) is 0. The molecule has 0 unspecified atom stereocenters. The number of halogens is 1. The molecule has 0 aliphatic rings. The number of aliphatic hydroxyl groups is 1. The summed E-state index contributed by atoms with van der Waals surface area (Å²) in [6, 6.07) is 11.8. The van der Waals surface area contributed by atoms with Crippen molar-refractivity contribution in [3.05, 3.63) is 41.4 Å². The highest BCUT2D eigenvalue weighted by Gasteiger charge is 2.09. The van der Waals surface area contributed by atoms with Gasteiger partial charge in [-0.05, 0) is 12.1 Å². The lowest BCUT2D eigenvalue weighted by atomic mass is 10.1. The summed E-state index contributed by atoms with van der Waals surface area (Å²) in [5.74, 6) is 0.744. The van der Waals surface area contributed by atoms with Gasteiger partial charge >= 0.3 is 0 Å². The molecule has 20 heavy (non-hydrogen) atoms. The van der Waals surface area contributed by atoms with Gasteiger partial charge in [-0.25, -0.2) is 0 Å². The maximum absolute atomic E-state index is 9.87. The first-order valence-electron chi connectivity index (χ1n) is 6.79. The maximum atomic E-state index is 9.87. The molecule has 4 heteroatoms. The van der Waals surface area contributed by atoms with Crippen molar-refractivity contribution in [1.29, 1.82) is 0 Å². The predicted molar refractivity (Wildman–Crippen MR) is 83.6 cm³/mol. The number of benzene rings is 2. The zero-order valence-electron chi connectivity index (χ0n) is 11.8. The number of ether oxygens (including phenoxy) is 1. The quantitative estimate of drug-likeness (QED) is 0.859. The molecule has 0 aliphatic carbocycles. The van der Waals surface area contributed by atoms with Crippen LogP contribution in [0.25, 0.3) is 10.8 Å². The van der Waals surface area contributed by atoms with Gasteiger partial charge in [0.25, 0.3) is 0 Å². The van der Waals surface area contributed by atoms with Crippen molar-refractivity contribution in [2.75, 3.05) is 13.2 Å². The number of fused-ring (bicyclic) bond motifs is 1. The van der Waals surface area contributed by atoms with Crippen molar-refractivity contribution in [1.82, 2.24) is 5.32 Å². The minimum Gasteiger partial charge on any atom is -0.490 e. The fourth-order valence-corrected chi connectivity index (χ4v) is 2.20. The Morgan fingerprint density at radius 3 is 2.55 bits per heavy atom. The Balaban J connectivity index is 2.05. The molecule has 0 amide bonds. The van der Waals surface area contributed by atoms with E-state index in [9.17, 15) is 5.11 Å². The molecule has 2 rings (SSSR count). The summed E-state index contributed by atoms with van der Waals surface area (Å²) >= 11 is 6.16. The van der Waals surface area contributed by atoms with Crippen LogP contribution in [0.2, 0.25) is 5.02 Å². The van der Waals surface area contributed by atoms with E-state index in [1.54, 1.807) is 0 Å². The van der Waals surface area contributed by atoms with Gasteiger partial charge in [0.05, 0.1) is 0 Å². The molecular weight excluding hydrogens is 274 g/mol. The van der Waals surface area contributed by atoms with E-state index in [4.69, 9.17) is 16.3 Å². The van der Waals surface area contributed by atoms with E-state index in [0.29, 0.717) is 17.6 Å². The van der Waals surface area contributed by atoms with Gasteiger partial charge in [0.1, 0.15) is 18.5 Å². The molecule has 0 radical (unpaired) electrons. The van der Waals surface area contributed by atoms with E-state index in [-0.39, 0.29) is 6.61 Å². The van der Waals surface area contributed by atoms with Crippen LogP contribution in [-0.2, 0) is 0 Å². The van der Waals surface area contributed by atoms with Crippen molar-refractivity contribution in [2.24, 2.45) is 0 Å². The van der Waals surface area contributed by atoms with Gasteiger partial charge in [-0.2, -0.15) is 0 Å². The average molecular weight is 294 g/mol. The first-order valence-corrected chi connectivity index (χ1v) is 7.17. The Hall–Kier alpha value is -1.29. The summed E-state index contributed by atoms with van der Waals surface area (Å²) in [6.07, 6.45) is -0.535. The second-order valence-corrected chi connectivity index (χ2v) is 5.53. The summed E-state index contributed by atoms with van der Waals surface area (Å²) in [7, 11) is 0. The highest BCUT2D eigenvalue weighted by Crippen LogP contribution is 2.31. The summed E-state index contributed by atoms with van der Waals surface area (Å²) < 4.78 is 5.72. The molecule has 0 aliphatic heterocycles. The number of hydrogen-bond acceptors (Lipinski definition) is 3. The van der Waals surface area contributed by atoms with Crippen LogP contribution in [0.3, 0.4) is 0 Å². The van der Waals surface area contributed by atoms with E-state index in [2.05, 4.69) is 5.32 Å². The largest absolute Gasteiger partial charge is 0.490 e. The van der Waals surface area contributed by atoms with Gasteiger partial charge in [-0.15, -0.1) is 0 Å². The van der Waals surface area contributed by atoms with Crippen LogP contribution in [0.1, 0.15) is 13.8 Å². The van der Waals surface area contributed by atoms with Crippen LogP contribution in [0.5, 0.6) is 5.75 Å². The van der Waals surface area contributed by atoms with Crippen LogP contribution in [-0.4, -0.2) is 30.4 Å². The lowest BCUT2D eigenvalue weighted by molar-refractivity contribution is 0.105. The van der Waals surface area contributed by atoms with Crippen molar-refractivity contribution in [3.63, 3.8) is 0 Å². The SMILES string of the molecule is CC(C)NC[C@H](O)COc1ccc(Cl)c2ccccc12. The minimum atomic E-state index is -0.535. The lowest BCUT2D eigenvalue weighted by Gasteiger charge is -2.16. The molecule has 0 bridgehead atoms. The van der Waals surface area contributed by atoms with Crippen LogP contribution in [0, 0.1) is 0 Å². The molecule has 2 N–H and O–H groups in total. The molecule has 108 valence electrons. The number of nitrogens with one attached hydrogen (secondary N) is 1. The second-order valence-electron chi connectivity index (χ2n) is 5.12. The molecule has 0 saturated carbocycles. The summed E-state index contributed by atoms with van der Waals surface area (Å²) in [5.41, 5.74) is 0. The molecule has 0 spiro atoms. The van der Waals surface area contributed by atoms with E-state index < -0.39 is 6.10 Å². The summed E-state index contributed by atoms with van der Waals surface area (Å²) in [6.45, 7) is 4.86. The van der Waals surface area contributed by atoms with Gasteiger partial charge in [-0.1, -0.05) is 49.7 Å². The van der Waals surface area contributed by atoms with Gasteiger partial charge in [0, 0.05) is 28.4 Å². The molecule has 0 heterocycles. The molecule has 2 aromatic carbocycles. The first-order chi connectivity index (χ1) is 9.58. The third-order valence-corrected chi connectivity index (χ3v) is 3.35. The summed E-state index contributed by atoms with van der Waals surface area (Å²) in [5, 5.41) is 15.7.